The van der Waals surface area contributed by atoms with Crippen LogP contribution >= 0.6 is 0 Å². The Kier molecular flexibility index (Phi) is 5.80. The smallest absolute Gasteiger partial charge is 0.244 e. The number of nitrogens with zero attached hydrogens (tertiary/aromatic N) is 1. The number of rotatable bonds is 6. The van der Waals surface area contributed by atoms with E-state index in [1.807, 2.05) is 30.3 Å². The van der Waals surface area contributed by atoms with Crippen molar-refractivity contribution in [3.05, 3.63) is 35.9 Å². The normalized spacial score (nSPS) is 17.1. The minimum absolute atomic E-state index is 0.0914. The second-order valence-electron chi connectivity index (χ2n) is 6.54. The summed E-state index contributed by atoms with van der Waals surface area (Å²) in [4.78, 5) is 14.9. The van der Waals surface area contributed by atoms with Gasteiger partial charge >= 0.3 is 0 Å². The maximum Gasteiger partial charge on any atom is 0.244 e. The van der Waals surface area contributed by atoms with Gasteiger partial charge in [-0.25, -0.2) is 0 Å². The van der Waals surface area contributed by atoms with Crippen LogP contribution in [0.3, 0.4) is 0 Å². The monoisotopic (exact) mass is 288 g/mol. The quantitative estimate of drug-likeness (QED) is 0.870. The first kappa shape index (κ1) is 16.0. The van der Waals surface area contributed by atoms with E-state index in [4.69, 9.17) is 5.73 Å². The summed E-state index contributed by atoms with van der Waals surface area (Å²) in [6, 6.07) is 9.58. The molecule has 1 amide bonds. The highest BCUT2D eigenvalue weighted by Gasteiger charge is 2.30. The molecule has 1 aliphatic carbocycles. The van der Waals surface area contributed by atoms with E-state index in [9.17, 15) is 4.79 Å². The zero-order chi connectivity index (χ0) is 15.2. The van der Waals surface area contributed by atoms with E-state index < -0.39 is 6.04 Å². The Labute approximate surface area is 128 Å². The highest BCUT2D eigenvalue weighted by atomic mass is 16.2. The molecule has 1 aromatic rings. The Hall–Kier alpha value is -1.35. The van der Waals surface area contributed by atoms with E-state index in [1.54, 1.807) is 0 Å². The maximum absolute atomic E-state index is 12.8. The Balaban J connectivity index is 2.09. The first-order chi connectivity index (χ1) is 10.1. The van der Waals surface area contributed by atoms with E-state index in [2.05, 4.69) is 18.7 Å². The topological polar surface area (TPSA) is 46.3 Å². The molecule has 0 aromatic heterocycles. The molecular formula is C18H28N2O. The number of nitrogens with two attached hydrogens (primary N) is 1. The molecule has 0 unspecified atom stereocenters. The second kappa shape index (κ2) is 7.60. The van der Waals surface area contributed by atoms with Crippen LogP contribution in [0.1, 0.15) is 57.6 Å². The third-order valence-corrected chi connectivity index (χ3v) is 4.42. The van der Waals surface area contributed by atoms with Gasteiger partial charge in [0.25, 0.3) is 0 Å². The molecule has 0 radical (unpaired) electrons. The molecule has 1 aliphatic rings. The average molecular weight is 288 g/mol. The molecular weight excluding hydrogens is 260 g/mol. The van der Waals surface area contributed by atoms with E-state index in [1.165, 1.54) is 12.8 Å². The Bertz CT molecular complexity index is 438. The van der Waals surface area contributed by atoms with Crippen LogP contribution in [0.15, 0.2) is 30.3 Å². The largest absolute Gasteiger partial charge is 0.338 e. The van der Waals surface area contributed by atoms with Gasteiger partial charge in [-0.3, -0.25) is 4.79 Å². The SMILES string of the molecule is CC(C)CCN(C(=O)[C@H](N)c1ccccc1)C1CCCC1. The minimum atomic E-state index is -0.529. The first-order valence-corrected chi connectivity index (χ1v) is 8.20. The molecule has 0 spiro atoms. The molecule has 0 heterocycles. The molecule has 21 heavy (non-hydrogen) atoms. The highest BCUT2D eigenvalue weighted by molar-refractivity contribution is 5.83. The molecule has 3 nitrogen and oxygen atoms in total. The van der Waals surface area contributed by atoms with Gasteiger partial charge in [0.1, 0.15) is 6.04 Å². The van der Waals surface area contributed by atoms with Gasteiger partial charge in [-0.2, -0.15) is 0 Å². The van der Waals surface area contributed by atoms with Gasteiger partial charge in [0.2, 0.25) is 5.91 Å². The molecule has 0 saturated heterocycles. The van der Waals surface area contributed by atoms with E-state index in [-0.39, 0.29) is 5.91 Å². The van der Waals surface area contributed by atoms with Crippen molar-refractivity contribution in [1.82, 2.24) is 4.90 Å². The fraction of sp³-hybridized carbons (Fsp3) is 0.611. The van der Waals surface area contributed by atoms with Gasteiger partial charge in [-0.1, -0.05) is 57.0 Å². The zero-order valence-electron chi connectivity index (χ0n) is 13.3. The van der Waals surface area contributed by atoms with Crippen molar-refractivity contribution >= 4 is 5.91 Å². The summed E-state index contributed by atoms with van der Waals surface area (Å²) in [5.74, 6) is 0.698. The Morgan fingerprint density at radius 2 is 1.86 bits per heavy atom. The molecule has 0 aliphatic heterocycles. The van der Waals surface area contributed by atoms with Crippen LogP contribution in [-0.2, 0) is 4.79 Å². The van der Waals surface area contributed by atoms with Gasteiger partial charge in [0, 0.05) is 12.6 Å². The Morgan fingerprint density at radius 1 is 1.24 bits per heavy atom. The van der Waals surface area contributed by atoms with E-state index in [0.29, 0.717) is 12.0 Å². The van der Waals surface area contributed by atoms with Crippen molar-refractivity contribution in [2.24, 2.45) is 11.7 Å². The number of amides is 1. The summed E-state index contributed by atoms with van der Waals surface area (Å²) in [5.41, 5.74) is 7.13. The van der Waals surface area contributed by atoms with Crippen LogP contribution in [0.4, 0.5) is 0 Å². The van der Waals surface area contributed by atoms with E-state index in [0.717, 1.165) is 31.4 Å². The highest BCUT2D eigenvalue weighted by Crippen LogP contribution is 2.26. The number of hydrogen-bond donors (Lipinski definition) is 1. The lowest BCUT2D eigenvalue weighted by atomic mass is 10.0. The molecule has 116 valence electrons. The van der Waals surface area contributed by atoms with Gasteiger partial charge in [-0.05, 0) is 30.7 Å². The molecule has 2 N–H and O–H groups in total. The maximum atomic E-state index is 12.8. The molecule has 1 atom stereocenters. The lowest BCUT2D eigenvalue weighted by molar-refractivity contribution is -0.135. The second-order valence-corrected chi connectivity index (χ2v) is 6.54. The molecule has 0 bridgehead atoms. The molecule has 2 rings (SSSR count). The molecule has 1 saturated carbocycles. The predicted octanol–water partition coefficient (Wildman–Crippen LogP) is 3.50. The van der Waals surface area contributed by atoms with Crippen molar-refractivity contribution in [1.29, 1.82) is 0 Å². The third-order valence-electron chi connectivity index (χ3n) is 4.42. The molecule has 1 fully saturated rings. The van der Waals surface area contributed by atoms with Crippen molar-refractivity contribution in [3.63, 3.8) is 0 Å². The summed E-state index contributed by atoms with van der Waals surface area (Å²) in [5, 5.41) is 0. The van der Waals surface area contributed by atoms with Gasteiger partial charge in [-0.15, -0.1) is 0 Å². The lowest BCUT2D eigenvalue weighted by Gasteiger charge is -2.32. The van der Waals surface area contributed by atoms with Crippen LogP contribution in [0.25, 0.3) is 0 Å². The standard InChI is InChI=1S/C18H28N2O/c1-14(2)12-13-20(16-10-6-7-11-16)18(21)17(19)15-8-4-3-5-9-15/h3-5,8-9,14,16-17H,6-7,10-13,19H2,1-2H3/t17-/m1/s1. The molecule has 3 heteroatoms. The number of benzene rings is 1. The zero-order valence-corrected chi connectivity index (χ0v) is 13.3. The predicted molar refractivity (Wildman–Crippen MR) is 86.8 cm³/mol. The lowest BCUT2D eigenvalue weighted by Crippen LogP contribution is -2.44. The number of carbonyl (C=O) groups is 1. The summed E-state index contributed by atoms with van der Waals surface area (Å²) in [7, 11) is 0. The van der Waals surface area contributed by atoms with Crippen molar-refractivity contribution in [2.75, 3.05) is 6.54 Å². The van der Waals surface area contributed by atoms with E-state index >= 15 is 0 Å². The third kappa shape index (κ3) is 4.31. The van der Waals surface area contributed by atoms with Crippen molar-refractivity contribution in [2.45, 2.75) is 58.0 Å². The summed E-state index contributed by atoms with van der Waals surface area (Å²) >= 11 is 0. The number of hydrogen-bond acceptors (Lipinski definition) is 2. The average Bonchev–Trinajstić information content (AvgIpc) is 3.01. The number of carbonyl (C=O) groups excluding carboxylic acids is 1. The van der Waals surface area contributed by atoms with Crippen molar-refractivity contribution < 1.29 is 4.79 Å². The van der Waals surface area contributed by atoms with Gasteiger partial charge < -0.3 is 10.6 Å². The van der Waals surface area contributed by atoms with Gasteiger partial charge in [0.15, 0.2) is 0 Å². The summed E-state index contributed by atoms with van der Waals surface area (Å²) in [6.07, 6.45) is 5.77. The van der Waals surface area contributed by atoms with Crippen LogP contribution in [0, 0.1) is 5.92 Å². The fourth-order valence-electron chi connectivity index (χ4n) is 3.07. The molecule has 1 aromatic carbocycles. The van der Waals surface area contributed by atoms with Crippen LogP contribution in [0.5, 0.6) is 0 Å². The summed E-state index contributed by atoms with van der Waals surface area (Å²) < 4.78 is 0. The van der Waals surface area contributed by atoms with Gasteiger partial charge in [0.05, 0.1) is 0 Å². The van der Waals surface area contributed by atoms with Crippen LogP contribution in [-0.4, -0.2) is 23.4 Å². The van der Waals surface area contributed by atoms with Crippen LogP contribution < -0.4 is 5.73 Å². The van der Waals surface area contributed by atoms with Crippen LogP contribution in [0.2, 0.25) is 0 Å². The van der Waals surface area contributed by atoms with Crippen molar-refractivity contribution in [3.8, 4) is 0 Å². The summed E-state index contributed by atoms with van der Waals surface area (Å²) in [6.45, 7) is 5.24. The first-order valence-electron chi connectivity index (χ1n) is 8.20. The Morgan fingerprint density at radius 3 is 2.43 bits per heavy atom. The fourth-order valence-corrected chi connectivity index (χ4v) is 3.07. The minimum Gasteiger partial charge on any atom is -0.338 e.